The van der Waals surface area contributed by atoms with Crippen molar-refractivity contribution in [1.82, 2.24) is 5.32 Å². The molecule has 1 saturated heterocycles. The smallest absolute Gasteiger partial charge is 0.225 e. The van der Waals surface area contributed by atoms with Gasteiger partial charge in [0.25, 0.3) is 0 Å². The zero-order chi connectivity index (χ0) is 10.7. The molecule has 0 aliphatic carbocycles. The van der Waals surface area contributed by atoms with Crippen LogP contribution in [-0.4, -0.2) is 19.0 Å². The first-order valence-corrected chi connectivity index (χ1v) is 5.34. The minimum atomic E-state index is -0.213. The third-order valence-corrected chi connectivity index (χ3v) is 3.04. The molecule has 1 aliphatic rings. The van der Waals surface area contributed by atoms with Crippen molar-refractivity contribution in [2.24, 2.45) is 11.7 Å². The number of amides is 1. The van der Waals surface area contributed by atoms with E-state index in [0.717, 1.165) is 25.1 Å². The number of primary amides is 1. The van der Waals surface area contributed by atoms with Crippen molar-refractivity contribution in [3.05, 3.63) is 35.9 Å². The van der Waals surface area contributed by atoms with Crippen LogP contribution in [0, 0.1) is 5.92 Å². The van der Waals surface area contributed by atoms with Crippen molar-refractivity contribution < 1.29 is 4.79 Å². The number of hydrogen-bond donors (Lipinski definition) is 2. The van der Waals surface area contributed by atoms with Crippen molar-refractivity contribution in [2.45, 2.75) is 12.3 Å². The van der Waals surface area contributed by atoms with Crippen LogP contribution in [-0.2, 0) is 4.79 Å². The molecule has 1 fully saturated rings. The van der Waals surface area contributed by atoms with Gasteiger partial charge in [0.05, 0.1) is 5.92 Å². The van der Waals surface area contributed by atoms with E-state index in [-0.39, 0.29) is 11.8 Å². The predicted octanol–water partition coefficient (Wildman–Crippen LogP) is 0.865. The first-order valence-electron chi connectivity index (χ1n) is 5.34. The second-order valence-corrected chi connectivity index (χ2v) is 4.04. The van der Waals surface area contributed by atoms with Crippen LogP contribution in [0.5, 0.6) is 0 Å². The Bertz CT molecular complexity index is 331. The van der Waals surface area contributed by atoms with Crippen LogP contribution in [0.2, 0.25) is 0 Å². The fraction of sp³-hybridized carbons (Fsp3) is 0.417. The molecule has 1 amide bonds. The van der Waals surface area contributed by atoms with Crippen LogP contribution in [0.15, 0.2) is 30.3 Å². The van der Waals surface area contributed by atoms with Crippen LogP contribution in [0.25, 0.3) is 0 Å². The fourth-order valence-electron chi connectivity index (χ4n) is 2.29. The largest absolute Gasteiger partial charge is 0.369 e. The Kier molecular flexibility index (Phi) is 3.02. The Labute approximate surface area is 89.7 Å². The minimum absolute atomic E-state index is 0.138. The molecule has 0 unspecified atom stereocenters. The van der Waals surface area contributed by atoms with Crippen LogP contribution < -0.4 is 11.1 Å². The zero-order valence-electron chi connectivity index (χ0n) is 8.65. The Balaban J connectivity index is 2.23. The molecule has 1 aromatic carbocycles. The van der Waals surface area contributed by atoms with Gasteiger partial charge in [-0.25, -0.2) is 0 Å². The lowest BCUT2D eigenvalue weighted by molar-refractivity contribution is -0.120. The van der Waals surface area contributed by atoms with Gasteiger partial charge in [0.1, 0.15) is 0 Å². The van der Waals surface area contributed by atoms with Gasteiger partial charge in [-0.15, -0.1) is 0 Å². The lowest BCUT2D eigenvalue weighted by Crippen LogP contribution is -2.29. The van der Waals surface area contributed by atoms with Gasteiger partial charge in [0, 0.05) is 0 Å². The maximum absolute atomic E-state index is 11.5. The Hall–Kier alpha value is -1.35. The van der Waals surface area contributed by atoms with E-state index in [0.29, 0.717) is 5.92 Å². The van der Waals surface area contributed by atoms with E-state index in [1.54, 1.807) is 0 Å². The van der Waals surface area contributed by atoms with Crippen molar-refractivity contribution in [3.8, 4) is 0 Å². The highest BCUT2D eigenvalue weighted by Gasteiger charge is 2.30. The van der Waals surface area contributed by atoms with Crippen molar-refractivity contribution >= 4 is 5.91 Å². The summed E-state index contributed by atoms with van der Waals surface area (Å²) in [5.41, 5.74) is 6.52. The molecule has 2 atom stereocenters. The molecular weight excluding hydrogens is 188 g/mol. The van der Waals surface area contributed by atoms with Gasteiger partial charge < -0.3 is 11.1 Å². The summed E-state index contributed by atoms with van der Waals surface area (Å²) in [6.07, 6.45) is 1.03. The molecular formula is C12H16N2O. The van der Waals surface area contributed by atoms with Crippen LogP contribution >= 0.6 is 0 Å². The summed E-state index contributed by atoms with van der Waals surface area (Å²) >= 11 is 0. The molecule has 1 aromatic rings. The molecule has 2 rings (SSSR count). The first-order chi connectivity index (χ1) is 7.29. The molecule has 0 saturated carbocycles. The quantitative estimate of drug-likeness (QED) is 0.767. The number of carbonyl (C=O) groups is 1. The summed E-state index contributed by atoms with van der Waals surface area (Å²) in [4.78, 5) is 11.5. The highest BCUT2D eigenvalue weighted by Crippen LogP contribution is 2.28. The third-order valence-electron chi connectivity index (χ3n) is 3.04. The van der Waals surface area contributed by atoms with Gasteiger partial charge in [-0.3, -0.25) is 4.79 Å². The van der Waals surface area contributed by atoms with Crippen molar-refractivity contribution in [1.29, 1.82) is 0 Å². The molecule has 0 radical (unpaired) electrons. The second kappa shape index (κ2) is 4.45. The number of nitrogens with one attached hydrogen (secondary N) is 1. The standard InChI is InChI=1S/C12H16N2O/c13-12(15)11(10-6-7-14-8-10)9-4-2-1-3-5-9/h1-5,10-11,14H,6-8H2,(H2,13,15)/t10-,11-/m1/s1. The van der Waals surface area contributed by atoms with E-state index in [9.17, 15) is 4.79 Å². The maximum atomic E-state index is 11.5. The lowest BCUT2D eigenvalue weighted by atomic mass is 9.85. The highest BCUT2D eigenvalue weighted by atomic mass is 16.1. The van der Waals surface area contributed by atoms with E-state index < -0.39 is 0 Å². The Morgan fingerprint density at radius 2 is 2.13 bits per heavy atom. The first kappa shape index (κ1) is 10.2. The van der Waals surface area contributed by atoms with Gasteiger partial charge in [-0.2, -0.15) is 0 Å². The molecule has 0 spiro atoms. The summed E-state index contributed by atoms with van der Waals surface area (Å²) in [6.45, 7) is 1.88. The van der Waals surface area contributed by atoms with Gasteiger partial charge in [0.2, 0.25) is 5.91 Å². The lowest BCUT2D eigenvalue weighted by Gasteiger charge is -2.19. The van der Waals surface area contributed by atoms with Crippen LogP contribution in [0.3, 0.4) is 0 Å². The molecule has 3 nitrogen and oxygen atoms in total. The molecule has 3 heteroatoms. The molecule has 15 heavy (non-hydrogen) atoms. The topological polar surface area (TPSA) is 55.1 Å². The van der Waals surface area contributed by atoms with E-state index >= 15 is 0 Å². The Morgan fingerprint density at radius 3 is 2.67 bits per heavy atom. The number of nitrogens with two attached hydrogens (primary N) is 1. The average Bonchev–Trinajstić information content (AvgIpc) is 2.72. The summed E-state index contributed by atoms with van der Waals surface area (Å²) in [5, 5.41) is 3.27. The van der Waals surface area contributed by atoms with E-state index in [4.69, 9.17) is 5.73 Å². The molecule has 1 aliphatic heterocycles. The van der Waals surface area contributed by atoms with Crippen LogP contribution in [0.4, 0.5) is 0 Å². The van der Waals surface area contributed by atoms with Gasteiger partial charge in [-0.05, 0) is 31.0 Å². The van der Waals surface area contributed by atoms with E-state index in [1.807, 2.05) is 30.3 Å². The number of rotatable bonds is 3. The van der Waals surface area contributed by atoms with Gasteiger partial charge in [-0.1, -0.05) is 30.3 Å². The van der Waals surface area contributed by atoms with E-state index in [1.165, 1.54) is 0 Å². The molecule has 80 valence electrons. The van der Waals surface area contributed by atoms with Gasteiger partial charge >= 0.3 is 0 Å². The fourth-order valence-corrected chi connectivity index (χ4v) is 2.29. The molecule has 1 heterocycles. The number of hydrogen-bond acceptors (Lipinski definition) is 2. The Morgan fingerprint density at radius 1 is 1.40 bits per heavy atom. The minimum Gasteiger partial charge on any atom is -0.369 e. The average molecular weight is 204 g/mol. The SMILES string of the molecule is NC(=O)[C@H](c1ccccc1)[C@@H]1CCNC1. The summed E-state index contributed by atoms with van der Waals surface area (Å²) in [6, 6.07) is 9.82. The van der Waals surface area contributed by atoms with Crippen molar-refractivity contribution in [2.75, 3.05) is 13.1 Å². The predicted molar refractivity (Wildman–Crippen MR) is 59.4 cm³/mol. The van der Waals surface area contributed by atoms with E-state index in [2.05, 4.69) is 5.32 Å². The maximum Gasteiger partial charge on any atom is 0.225 e. The van der Waals surface area contributed by atoms with Crippen LogP contribution in [0.1, 0.15) is 17.9 Å². The summed E-state index contributed by atoms with van der Waals surface area (Å²) in [7, 11) is 0. The van der Waals surface area contributed by atoms with Gasteiger partial charge in [0.15, 0.2) is 0 Å². The van der Waals surface area contributed by atoms with Crippen molar-refractivity contribution in [3.63, 3.8) is 0 Å². The number of benzene rings is 1. The molecule has 0 aromatic heterocycles. The normalized spacial score (nSPS) is 22.5. The highest BCUT2D eigenvalue weighted by molar-refractivity contribution is 5.82. The molecule has 0 bridgehead atoms. The summed E-state index contributed by atoms with van der Waals surface area (Å²) in [5.74, 6) is 0.000926. The zero-order valence-corrected chi connectivity index (χ0v) is 8.65. The number of carbonyl (C=O) groups excluding carboxylic acids is 1. The third kappa shape index (κ3) is 2.18. The molecule has 3 N–H and O–H groups in total. The monoisotopic (exact) mass is 204 g/mol. The summed E-state index contributed by atoms with van der Waals surface area (Å²) < 4.78 is 0. The second-order valence-electron chi connectivity index (χ2n) is 4.04.